The molecule has 1 N–H and O–H groups in total. The van der Waals surface area contributed by atoms with E-state index in [1.54, 1.807) is 0 Å². The second-order valence-corrected chi connectivity index (χ2v) is 7.60. The zero-order valence-electron chi connectivity index (χ0n) is 13.8. The quantitative estimate of drug-likeness (QED) is 0.734. The van der Waals surface area contributed by atoms with Crippen molar-refractivity contribution < 1.29 is 12.8 Å². The predicted octanol–water partition coefficient (Wildman–Crippen LogP) is 3.46. The molecule has 3 aromatic rings. The van der Waals surface area contributed by atoms with E-state index in [2.05, 4.69) is 4.72 Å². The van der Waals surface area contributed by atoms with Gasteiger partial charge in [0.15, 0.2) is 0 Å². The van der Waals surface area contributed by atoms with Gasteiger partial charge in [0.1, 0.15) is 10.7 Å². The molecule has 2 aromatic carbocycles. The molecule has 0 aliphatic carbocycles. The molecule has 0 aliphatic heterocycles. The summed E-state index contributed by atoms with van der Waals surface area (Å²) >= 11 is 0. The Labute approximate surface area is 147 Å². The van der Waals surface area contributed by atoms with E-state index in [1.807, 2.05) is 54.1 Å². The van der Waals surface area contributed by atoms with E-state index in [4.69, 9.17) is 0 Å². The Bertz CT molecular complexity index is 963. The SMILES string of the molecule is Cc1ccc(Cn2cccc2CNS(=O)(=O)c2ccccc2F)cc1. The van der Waals surface area contributed by atoms with E-state index >= 15 is 0 Å². The normalized spacial score (nSPS) is 11.6. The van der Waals surface area contributed by atoms with Crippen molar-refractivity contribution in [1.82, 2.24) is 9.29 Å². The molecule has 0 atom stereocenters. The van der Waals surface area contributed by atoms with Crippen molar-refractivity contribution in [3.63, 3.8) is 0 Å². The fraction of sp³-hybridized carbons (Fsp3) is 0.158. The van der Waals surface area contributed by atoms with E-state index in [0.29, 0.717) is 6.54 Å². The highest BCUT2D eigenvalue weighted by atomic mass is 32.2. The maximum Gasteiger partial charge on any atom is 0.243 e. The van der Waals surface area contributed by atoms with Gasteiger partial charge in [0.25, 0.3) is 0 Å². The Hall–Kier alpha value is -2.44. The topological polar surface area (TPSA) is 51.1 Å². The standard InChI is InChI=1S/C19H19FN2O2S/c1-15-8-10-16(11-9-15)14-22-12-4-5-17(22)13-21-25(23,24)19-7-3-2-6-18(19)20/h2-12,21H,13-14H2,1H3. The Morgan fingerprint density at radius 3 is 2.44 bits per heavy atom. The largest absolute Gasteiger partial charge is 0.346 e. The first-order valence-corrected chi connectivity index (χ1v) is 9.38. The lowest BCUT2D eigenvalue weighted by Crippen LogP contribution is -2.25. The number of aryl methyl sites for hydroxylation is 1. The summed E-state index contributed by atoms with van der Waals surface area (Å²) in [5.74, 6) is -0.759. The molecule has 0 radical (unpaired) electrons. The Kier molecular flexibility index (Phi) is 5.01. The smallest absolute Gasteiger partial charge is 0.243 e. The number of nitrogens with zero attached hydrogens (tertiary/aromatic N) is 1. The number of aromatic nitrogens is 1. The van der Waals surface area contributed by atoms with E-state index < -0.39 is 15.8 Å². The van der Waals surface area contributed by atoms with Crippen LogP contribution in [-0.4, -0.2) is 13.0 Å². The van der Waals surface area contributed by atoms with Crippen LogP contribution in [0.15, 0.2) is 71.8 Å². The first-order chi connectivity index (χ1) is 12.0. The third kappa shape index (κ3) is 4.15. The van der Waals surface area contributed by atoms with Crippen molar-refractivity contribution in [2.45, 2.75) is 24.9 Å². The summed E-state index contributed by atoms with van der Waals surface area (Å²) in [4.78, 5) is -0.341. The molecule has 130 valence electrons. The lowest BCUT2D eigenvalue weighted by atomic mass is 10.1. The monoisotopic (exact) mass is 358 g/mol. The highest BCUT2D eigenvalue weighted by molar-refractivity contribution is 7.89. The molecule has 6 heteroatoms. The molecule has 1 aromatic heterocycles. The Balaban J connectivity index is 1.73. The van der Waals surface area contributed by atoms with Crippen LogP contribution >= 0.6 is 0 Å². The number of rotatable bonds is 6. The highest BCUT2D eigenvalue weighted by Gasteiger charge is 2.18. The van der Waals surface area contributed by atoms with Crippen LogP contribution in [0, 0.1) is 12.7 Å². The third-order valence-corrected chi connectivity index (χ3v) is 5.40. The van der Waals surface area contributed by atoms with Gasteiger partial charge in [0.05, 0.1) is 6.54 Å². The number of halogens is 1. The van der Waals surface area contributed by atoms with E-state index in [1.165, 1.54) is 23.8 Å². The van der Waals surface area contributed by atoms with Crippen LogP contribution in [0.3, 0.4) is 0 Å². The van der Waals surface area contributed by atoms with Crippen LogP contribution in [-0.2, 0) is 23.1 Å². The minimum absolute atomic E-state index is 0.0928. The van der Waals surface area contributed by atoms with Crippen LogP contribution in [0.5, 0.6) is 0 Å². The summed E-state index contributed by atoms with van der Waals surface area (Å²) in [6.45, 7) is 2.77. The fourth-order valence-corrected chi connectivity index (χ4v) is 3.64. The number of benzene rings is 2. The van der Waals surface area contributed by atoms with Gasteiger partial charge in [-0.1, -0.05) is 42.0 Å². The zero-order valence-corrected chi connectivity index (χ0v) is 14.6. The molecule has 25 heavy (non-hydrogen) atoms. The minimum atomic E-state index is -3.90. The number of hydrogen-bond donors (Lipinski definition) is 1. The van der Waals surface area contributed by atoms with Gasteiger partial charge in [-0.05, 0) is 36.8 Å². The second kappa shape index (κ2) is 7.21. The maximum atomic E-state index is 13.7. The first-order valence-electron chi connectivity index (χ1n) is 7.89. The number of nitrogens with one attached hydrogen (secondary N) is 1. The Morgan fingerprint density at radius 1 is 1.00 bits per heavy atom. The van der Waals surface area contributed by atoms with E-state index in [9.17, 15) is 12.8 Å². The van der Waals surface area contributed by atoms with Crippen molar-refractivity contribution in [2.75, 3.05) is 0 Å². The fourth-order valence-electron chi connectivity index (χ4n) is 2.56. The van der Waals surface area contributed by atoms with Gasteiger partial charge < -0.3 is 4.57 Å². The molecule has 3 rings (SSSR count). The van der Waals surface area contributed by atoms with Gasteiger partial charge in [-0.3, -0.25) is 0 Å². The van der Waals surface area contributed by atoms with E-state index in [0.717, 1.165) is 17.3 Å². The van der Waals surface area contributed by atoms with Crippen LogP contribution in [0.25, 0.3) is 0 Å². The molecule has 0 saturated heterocycles. The van der Waals surface area contributed by atoms with Gasteiger partial charge in [-0.2, -0.15) is 0 Å². The van der Waals surface area contributed by atoms with Gasteiger partial charge in [-0.25, -0.2) is 17.5 Å². The molecular weight excluding hydrogens is 339 g/mol. The molecule has 0 unspecified atom stereocenters. The molecule has 0 spiro atoms. The summed E-state index contributed by atoms with van der Waals surface area (Å²) in [7, 11) is -3.90. The predicted molar refractivity (Wildman–Crippen MR) is 95.1 cm³/mol. The summed E-state index contributed by atoms with van der Waals surface area (Å²) in [6, 6.07) is 17.2. The molecule has 0 saturated carbocycles. The molecule has 0 aliphatic rings. The molecule has 1 heterocycles. The zero-order chi connectivity index (χ0) is 17.9. The molecule has 0 amide bonds. The minimum Gasteiger partial charge on any atom is -0.346 e. The van der Waals surface area contributed by atoms with Crippen LogP contribution in [0.4, 0.5) is 4.39 Å². The van der Waals surface area contributed by atoms with Crippen molar-refractivity contribution in [3.8, 4) is 0 Å². The van der Waals surface area contributed by atoms with Crippen molar-refractivity contribution in [2.24, 2.45) is 0 Å². The lowest BCUT2D eigenvalue weighted by Gasteiger charge is -2.11. The number of hydrogen-bond acceptors (Lipinski definition) is 2. The van der Waals surface area contributed by atoms with Crippen LogP contribution < -0.4 is 4.72 Å². The van der Waals surface area contributed by atoms with Gasteiger partial charge in [0, 0.05) is 18.4 Å². The van der Waals surface area contributed by atoms with E-state index in [-0.39, 0.29) is 11.4 Å². The third-order valence-electron chi connectivity index (χ3n) is 3.97. The van der Waals surface area contributed by atoms with Crippen LogP contribution in [0.1, 0.15) is 16.8 Å². The van der Waals surface area contributed by atoms with Crippen LogP contribution in [0.2, 0.25) is 0 Å². The molecule has 4 nitrogen and oxygen atoms in total. The van der Waals surface area contributed by atoms with Crippen molar-refractivity contribution in [3.05, 3.63) is 89.5 Å². The summed E-state index contributed by atoms with van der Waals surface area (Å²) in [5.41, 5.74) is 3.12. The van der Waals surface area contributed by atoms with Crippen molar-refractivity contribution in [1.29, 1.82) is 0 Å². The molecule has 0 bridgehead atoms. The first kappa shape index (κ1) is 17.4. The number of sulfonamides is 1. The molecule has 0 fully saturated rings. The second-order valence-electron chi connectivity index (χ2n) is 5.87. The van der Waals surface area contributed by atoms with Gasteiger partial charge in [-0.15, -0.1) is 0 Å². The highest BCUT2D eigenvalue weighted by Crippen LogP contribution is 2.15. The summed E-state index contributed by atoms with van der Waals surface area (Å²) in [5, 5.41) is 0. The summed E-state index contributed by atoms with van der Waals surface area (Å²) in [6.07, 6.45) is 1.90. The maximum absolute atomic E-state index is 13.7. The van der Waals surface area contributed by atoms with Crippen molar-refractivity contribution >= 4 is 10.0 Å². The lowest BCUT2D eigenvalue weighted by molar-refractivity contribution is 0.555. The van der Waals surface area contributed by atoms with Gasteiger partial charge >= 0.3 is 0 Å². The molecular formula is C19H19FN2O2S. The average Bonchev–Trinajstić information content (AvgIpc) is 3.02. The average molecular weight is 358 g/mol. The summed E-state index contributed by atoms with van der Waals surface area (Å²) < 4.78 is 42.7. The Morgan fingerprint density at radius 2 is 1.72 bits per heavy atom. The van der Waals surface area contributed by atoms with Gasteiger partial charge in [0.2, 0.25) is 10.0 Å².